The van der Waals surface area contributed by atoms with Gasteiger partial charge in [0.25, 0.3) is 5.91 Å². The van der Waals surface area contributed by atoms with Gasteiger partial charge in [-0.05, 0) is 54.4 Å². The second-order valence-electron chi connectivity index (χ2n) is 9.50. The summed E-state index contributed by atoms with van der Waals surface area (Å²) >= 11 is 12.3. The van der Waals surface area contributed by atoms with Crippen LogP contribution in [0, 0.1) is 10.8 Å². The number of amides is 1. The zero-order valence-corrected chi connectivity index (χ0v) is 18.6. The first kappa shape index (κ1) is 22.9. The SMILES string of the molecule is C.CC1(C)C[C@@H]2C[C@@](C)(CN2C(=O)c2cccc(COc3c(Cl)cccc3Cl)n2)C1. The fraction of sp³-hybridized carbons (Fsp3) is 0.500. The highest BCUT2D eigenvalue weighted by molar-refractivity contribution is 6.37. The maximum atomic E-state index is 13.3. The van der Waals surface area contributed by atoms with E-state index >= 15 is 0 Å². The van der Waals surface area contributed by atoms with E-state index in [2.05, 4.69) is 25.8 Å². The molecule has 0 spiro atoms. The summed E-state index contributed by atoms with van der Waals surface area (Å²) in [6.07, 6.45) is 3.28. The molecule has 1 amide bonds. The molecule has 162 valence electrons. The van der Waals surface area contributed by atoms with Crippen LogP contribution in [0.5, 0.6) is 5.75 Å². The van der Waals surface area contributed by atoms with E-state index in [4.69, 9.17) is 27.9 Å². The van der Waals surface area contributed by atoms with Gasteiger partial charge in [-0.25, -0.2) is 4.98 Å². The van der Waals surface area contributed by atoms with E-state index in [1.165, 1.54) is 0 Å². The summed E-state index contributed by atoms with van der Waals surface area (Å²) in [6.45, 7) is 7.92. The molecule has 2 fully saturated rings. The van der Waals surface area contributed by atoms with Crippen molar-refractivity contribution in [2.45, 2.75) is 60.1 Å². The van der Waals surface area contributed by atoms with Gasteiger partial charge in [0.2, 0.25) is 0 Å². The van der Waals surface area contributed by atoms with E-state index in [0.717, 1.165) is 25.8 Å². The third-order valence-electron chi connectivity index (χ3n) is 5.98. The van der Waals surface area contributed by atoms with Crippen molar-refractivity contribution in [3.05, 3.63) is 57.8 Å². The number of pyridine rings is 1. The summed E-state index contributed by atoms with van der Waals surface area (Å²) in [5.41, 5.74) is 1.60. The molecule has 4 nitrogen and oxygen atoms in total. The molecule has 1 aliphatic heterocycles. The molecule has 4 rings (SSSR count). The lowest BCUT2D eigenvalue weighted by atomic mass is 9.65. The summed E-state index contributed by atoms with van der Waals surface area (Å²) in [5, 5.41) is 0.898. The molecule has 1 aromatic carbocycles. The number of carbonyl (C=O) groups excluding carboxylic acids is 1. The zero-order valence-electron chi connectivity index (χ0n) is 17.0. The number of hydrogen-bond acceptors (Lipinski definition) is 3. The fourth-order valence-electron chi connectivity index (χ4n) is 5.29. The molecule has 2 heterocycles. The number of likely N-dealkylation sites (tertiary alicyclic amines) is 1. The molecule has 2 aliphatic rings. The largest absolute Gasteiger partial charge is 0.484 e. The van der Waals surface area contributed by atoms with Crippen LogP contribution in [0.25, 0.3) is 0 Å². The minimum Gasteiger partial charge on any atom is -0.484 e. The molecule has 2 atom stereocenters. The first-order valence-corrected chi connectivity index (χ1v) is 10.8. The Labute approximate surface area is 189 Å². The monoisotopic (exact) mass is 448 g/mol. The number of para-hydroxylation sites is 1. The highest BCUT2D eigenvalue weighted by Crippen LogP contribution is 2.52. The van der Waals surface area contributed by atoms with Gasteiger partial charge < -0.3 is 9.64 Å². The van der Waals surface area contributed by atoms with Crippen LogP contribution in [0.2, 0.25) is 10.0 Å². The number of nitrogens with zero attached hydrogens (tertiary/aromatic N) is 2. The van der Waals surface area contributed by atoms with Crippen molar-refractivity contribution in [1.82, 2.24) is 9.88 Å². The molecule has 1 saturated carbocycles. The van der Waals surface area contributed by atoms with E-state index in [1.54, 1.807) is 24.3 Å². The fourth-order valence-corrected chi connectivity index (χ4v) is 5.80. The average Bonchev–Trinajstić information content (AvgIpc) is 2.89. The highest BCUT2D eigenvalue weighted by atomic mass is 35.5. The van der Waals surface area contributed by atoms with Gasteiger partial charge in [0.15, 0.2) is 5.75 Å². The van der Waals surface area contributed by atoms with Crippen molar-refractivity contribution in [2.75, 3.05) is 6.54 Å². The van der Waals surface area contributed by atoms with Gasteiger partial charge in [-0.3, -0.25) is 4.79 Å². The van der Waals surface area contributed by atoms with Crippen molar-refractivity contribution in [2.24, 2.45) is 10.8 Å². The van der Waals surface area contributed by atoms with Crippen LogP contribution in [0.3, 0.4) is 0 Å². The normalized spacial score (nSPS) is 24.3. The molecule has 0 unspecified atom stereocenters. The summed E-state index contributed by atoms with van der Waals surface area (Å²) in [7, 11) is 0. The lowest BCUT2D eigenvalue weighted by Crippen LogP contribution is -2.38. The molecule has 2 aromatic rings. The van der Waals surface area contributed by atoms with Crippen molar-refractivity contribution >= 4 is 29.1 Å². The van der Waals surface area contributed by atoms with Gasteiger partial charge >= 0.3 is 0 Å². The van der Waals surface area contributed by atoms with E-state index in [1.807, 2.05) is 17.0 Å². The topological polar surface area (TPSA) is 42.4 Å². The smallest absolute Gasteiger partial charge is 0.272 e. The zero-order chi connectivity index (χ0) is 20.8. The molecule has 1 aliphatic carbocycles. The minimum atomic E-state index is 0. The van der Waals surface area contributed by atoms with Crippen molar-refractivity contribution in [3.8, 4) is 5.75 Å². The Kier molecular flexibility index (Phi) is 6.41. The van der Waals surface area contributed by atoms with Gasteiger partial charge in [-0.1, -0.05) is 63.5 Å². The van der Waals surface area contributed by atoms with Gasteiger partial charge in [-0.2, -0.15) is 0 Å². The highest BCUT2D eigenvalue weighted by Gasteiger charge is 2.51. The Hall–Kier alpha value is -1.78. The number of fused-ring (bicyclic) bond motifs is 2. The number of aromatic nitrogens is 1. The van der Waals surface area contributed by atoms with Gasteiger partial charge in [0, 0.05) is 12.6 Å². The first-order valence-electron chi connectivity index (χ1n) is 10.00. The maximum Gasteiger partial charge on any atom is 0.272 e. The molecule has 2 bridgehead atoms. The quantitative estimate of drug-likeness (QED) is 0.525. The predicted octanol–water partition coefficient (Wildman–Crippen LogP) is 6.64. The maximum absolute atomic E-state index is 13.3. The van der Waals surface area contributed by atoms with E-state index in [-0.39, 0.29) is 30.8 Å². The number of rotatable bonds is 4. The average molecular weight is 449 g/mol. The molecule has 0 N–H and O–H groups in total. The van der Waals surface area contributed by atoms with E-state index in [9.17, 15) is 4.79 Å². The third-order valence-corrected chi connectivity index (χ3v) is 6.58. The standard InChI is InChI=1S/C23H26Cl2N2O2.CH4/c1-22(2)10-16-11-23(3,13-22)14-27(16)21(28)19-9-4-6-15(26-19)12-29-20-17(24)7-5-8-18(20)25;/h4-9,16H,10-14H2,1-3H3;1H4/t16-,23-;/m1./s1. The number of benzene rings is 1. The van der Waals surface area contributed by atoms with Crippen LogP contribution in [-0.2, 0) is 6.61 Å². The van der Waals surface area contributed by atoms with Crippen molar-refractivity contribution < 1.29 is 9.53 Å². The lowest BCUT2D eigenvalue weighted by Gasteiger charge is -2.39. The summed E-state index contributed by atoms with van der Waals surface area (Å²) in [4.78, 5) is 19.9. The second kappa shape index (κ2) is 8.39. The predicted molar refractivity (Wildman–Crippen MR) is 122 cm³/mol. The molecule has 30 heavy (non-hydrogen) atoms. The van der Waals surface area contributed by atoms with E-state index in [0.29, 0.717) is 33.2 Å². The van der Waals surface area contributed by atoms with Crippen LogP contribution in [-0.4, -0.2) is 28.4 Å². The molecule has 6 heteroatoms. The Morgan fingerprint density at radius 2 is 1.80 bits per heavy atom. The molecular formula is C24H30Cl2N2O2. The van der Waals surface area contributed by atoms with E-state index < -0.39 is 0 Å². The Morgan fingerprint density at radius 3 is 2.50 bits per heavy atom. The van der Waals surface area contributed by atoms with Crippen LogP contribution < -0.4 is 4.74 Å². The minimum absolute atomic E-state index is 0. The van der Waals surface area contributed by atoms with Crippen molar-refractivity contribution in [3.63, 3.8) is 0 Å². The van der Waals surface area contributed by atoms with Gasteiger partial charge in [-0.15, -0.1) is 0 Å². The van der Waals surface area contributed by atoms with Crippen LogP contribution in [0.4, 0.5) is 0 Å². The van der Waals surface area contributed by atoms with Gasteiger partial charge in [0.1, 0.15) is 12.3 Å². The Balaban J connectivity index is 0.00000256. The summed E-state index contributed by atoms with van der Waals surface area (Å²) in [6, 6.07) is 11.0. The number of halogens is 2. The number of hydrogen-bond donors (Lipinski definition) is 0. The second-order valence-corrected chi connectivity index (χ2v) is 10.3. The molecule has 0 radical (unpaired) electrons. The Bertz CT molecular complexity index is 926. The molecule has 1 saturated heterocycles. The van der Waals surface area contributed by atoms with Crippen LogP contribution in [0.15, 0.2) is 36.4 Å². The third kappa shape index (κ3) is 4.60. The number of carbonyl (C=O) groups is 1. The van der Waals surface area contributed by atoms with Crippen LogP contribution >= 0.6 is 23.2 Å². The molecule has 1 aromatic heterocycles. The lowest BCUT2D eigenvalue weighted by molar-refractivity contribution is 0.0702. The van der Waals surface area contributed by atoms with Gasteiger partial charge in [0.05, 0.1) is 15.7 Å². The summed E-state index contributed by atoms with van der Waals surface area (Å²) < 4.78 is 5.78. The molecular weight excluding hydrogens is 419 g/mol. The van der Waals surface area contributed by atoms with Crippen molar-refractivity contribution in [1.29, 1.82) is 0 Å². The van der Waals surface area contributed by atoms with Crippen LogP contribution in [0.1, 0.15) is 63.6 Å². The number of ether oxygens (including phenoxy) is 1. The Morgan fingerprint density at radius 1 is 1.13 bits per heavy atom. The summed E-state index contributed by atoms with van der Waals surface area (Å²) in [5.74, 6) is 0.437. The first-order chi connectivity index (χ1) is 13.7.